The number of piperazine rings is 1. The third-order valence-corrected chi connectivity index (χ3v) is 3.28. The first-order chi connectivity index (χ1) is 7.95. The molecule has 1 fully saturated rings. The molecule has 1 heterocycles. The van der Waals surface area contributed by atoms with Crippen LogP contribution in [0.4, 0.5) is 0 Å². The Bertz CT molecular complexity index is 319. The molecule has 1 saturated heterocycles. The van der Waals surface area contributed by atoms with Crippen molar-refractivity contribution >= 4 is 5.91 Å². The van der Waals surface area contributed by atoms with Crippen LogP contribution >= 0.6 is 0 Å². The van der Waals surface area contributed by atoms with E-state index in [0.29, 0.717) is 6.54 Å². The minimum Gasteiger partial charge on any atom is -0.343 e. The molecule has 1 amide bonds. The minimum atomic E-state index is -0.185. The number of hydrogen-bond acceptors (Lipinski definition) is 3. The Balaban J connectivity index is 2.44. The number of amides is 1. The molecule has 1 aliphatic heterocycles. The maximum absolute atomic E-state index is 11.3. The molecule has 0 aromatic rings. The quantitative estimate of drug-likeness (QED) is 0.710. The van der Waals surface area contributed by atoms with Crippen LogP contribution in [0.3, 0.4) is 0 Å². The molecule has 0 saturated carbocycles. The molecule has 1 N–H and O–H groups in total. The van der Waals surface area contributed by atoms with Gasteiger partial charge in [0, 0.05) is 38.3 Å². The van der Waals surface area contributed by atoms with Crippen molar-refractivity contribution in [2.75, 3.05) is 39.8 Å². The number of carbonyl (C=O) groups excluding carboxylic acids is 1. The summed E-state index contributed by atoms with van der Waals surface area (Å²) in [6.07, 6.45) is 0. The topological polar surface area (TPSA) is 35.6 Å². The number of rotatable bonds is 3. The van der Waals surface area contributed by atoms with E-state index in [1.54, 1.807) is 6.92 Å². The first kappa shape index (κ1) is 14.0. The first-order valence-corrected chi connectivity index (χ1v) is 6.10. The highest BCUT2D eigenvalue weighted by Gasteiger charge is 2.29. The van der Waals surface area contributed by atoms with E-state index in [4.69, 9.17) is 0 Å². The number of hydrogen-bond donors (Lipinski definition) is 1. The van der Waals surface area contributed by atoms with Gasteiger partial charge in [-0.2, -0.15) is 0 Å². The molecule has 0 unspecified atom stereocenters. The molecular formula is C13H23N3O. The van der Waals surface area contributed by atoms with Crippen LogP contribution in [0.25, 0.3) is 0 Å². The van der Waals surface area contributed by atoms with Gasteiger partial charge in [-0.05, 0) is 33.7 Å². The van der Waals surface area contributed by atoms with Crippen LogP contribution in [0.5, 0.6) is 0 Å². The molecule has 1 rings (SSSR count). The zero-order chi connectivity index (χ0) is 12.9. The standard InChI is InChI=1S/C13H23N3O/c1-5-6-12(17)14-11-13(2,3)16-9-7-15(4)8-10-16/h7-11H2,1-4H3,(H,14,17). The monoisotopic (exact) mass is 237 g/mol. The van der Waals surface area contributed by atoms with Crippen molar-refractivity contribution in [1.82, 2.24) is 15.1 Å². The van der Waals surface area contributed by atoms with Crippen LogP contribution in [-0.2, 0) is 4.79 Å². The van der Waals surface area contributed by atoms with Gasteiger partial charge in [-0.15, -0.1) is 0 Å². The van der Waals surface area contributed by atoms with E-state index in [9.17, 15) is 4.79 Å². The van der Waals surface area contributed by atoms with Gasteiger partial charge in [0.1, 0.15) is 0 Å². The normalized spacial score (nSPS) is 18.4. The highest BCUT2D eigenvalue weighted by molar-refractivity contribution is 5.93. The Morgan fingerprint density at radius 2 is 1.88 bits per heavy atom. The summed E-state index contributed by atoms with van der Waals surface area (Å²) >= 11 is 0. The van der Waals surface area contributed by atoms with E-state index in [-0.39, 0.29) is 11.4 Å². The summed E-state index contributed by atoms with van der Waals surface area (Å²) in [5.41, 5.74) is -0.00760. The van der Waals surface area contributed by atoms with Gasteiger partial charge in [0.15, 0.2) is 0 Å². The van der Waals surface area contributed by atoms with Gasteiger partial charge in [0.05, 0.1) is 0 Å². The highest BCUT2D eigenvalue weighted by atomic mass is 16.1. The highest BCUT2D eigenvalue weighted by Crippen LogP contribution is 2.15. The molecule has 96 valence electrons. The van der Waals surface area contributed by atoms with Crippen LogP contribution in [0.2, 0.25) is 0 Å². The van der Waals surface area contributed by atoms with Gasteiger partial charge in [0.25, 0.3) is 5.91 Å². The summed E-state index contributed by atoms with van der Waals surface area (Å²) in [4.78, 5) is 16.1. The summed E-state index contributed by atoms with van der Waals surface area (Å²) in [6.45, 7) is 10.9. The average Bonchev–Trinajstić information content (AvgIpc) is 2.28. The van der Waals surface area contributed by atoms with Crippen molar-refractivity contribution in [2.24, 2.45) is 0 Å². The van der Waals surface area contributed by atoms with Crippen LogP contribution in [0.15, 0.2) is 0 Å². The van der Waals surface area contributed by atoms with E-state index < -0.39 is 0 Å². The maximum atomic E-state index is 11.3. The van der Waals surface area contributed by atoms with Crippen molar-refractivity contribution < 1.29 is 4.79 Å². The second kappa shape index (κ2) is 6.04. The largest absolute Gasteiger partial charge is 0.343 e. The van der Waals surface area contributed by atoms with Gasteiger partial charge in [0.2, 0.25) is 0 Å². The SMILES string of the molecule is CC#CC(=O)NCC(C)(C)N1CCN(C)CC1. The van der Waals surface area contributed by atoms with Crippen molar-refractivity contribution in [1.29, 1.82) is 0 Å². The molecule has 4 heteroatoms. The fourth-order valence-electron chi connectivity index (χ4n) is 1.98. The number of nitrogens with one attached hydrogen (secondary N) is 1. The zero-order valence-electron chi connectivity index (χ0n) is 11.3. The molecule has 0 bridgehead atoms. The molecule has 0 spiro atoms. The Kier molecular flexibility index (Phi) is 4.98. The average molecular weight is 237 g/mol. The third kappa shape index (κ3) is 4.37. The molecule has 17 heavy (non-hydrogen) atoms. The van der Waals surface area contributed by atoms with Gasteiger partial charge in [-0.1, -0.05) is 5.92 Å². The van der Waals surface area contributed by atoms with Crippen LogP contribution < -0.4 is 5.32 Å². The van der Waals surface area contributed by atoms with Gasteiger partial charge in [-0.25, -0.2) is 0 Å². The van der Waals surface area contributed by atoms with Crippen LogP contribution in [0.1, 0.15) is 20.8 Å². The Morgan fingerprint density at radius 1 is 1.29 bits per heavy atom. The summed E-state index contributed by atoms with van der Waals surface area (Å²) in [6, 6.07) is 0. The van der Waals surface area contributed by atoms with Crippen molar-refractivity contribution in [2.45, 2.75) is 26.3 Å². The van der Waals surface area contributed by atoms with E-state index in [2.05, 4.69) is 47.9 Å². The van der Waals surface area contributed by atoms with E-state index >= 15 is 0 Å². The number of likely N-dealkylation sites (N-methyl/N-ethyl adjacent to an activating group) is 1. The van der Waals surface area contributed by atoms with Crippen molar-refractivity contribution in [3.63, 3.8) is 0 Å². The summed E-state index contributed by atoms with van der Waals surface area (Å²) in [5, 5.41) is 2.86. The molecule has 0 aromatic heterocycles. The van der Waals surface area contributed by atoms with Gasteiger partial charge in [-0.3, -0.25) is 9.69 Å². The lowest BCUT2D eigenvalue weighted by Crippen LogP contribution is -2.57. The summed E-state index contributed by atoms with van der Waals surface area (Å²) in [5.74, 6) is 4.92. The van der Waals surface area contributed by atoms with E-state index in [1.165, 1.54) is 0 Å². The predicted octanol–water partition coefficient (Wildman–Crippen LogP) is 0.152. The summed E-state index contributed by atoms with van der Waals surface area (Å²) < 4.78 is 0. The van der Waals surface area contributed by atoms with E-state index in [0.717, 1.165) is 26.2 Å². The molecule has 0 atom stereocenters. The smallest absolute Gasteiger partial charge is 0.295 e. The zero-order valence-corrected chi connectivity index (χ0v) is 11.3. The molecule has 4 nitrogen and oxygen atoms in total. The molecule has 0 radical (unpaired) electrons. The fraction of sp³-hybridized carbons (Fsp3) is 0.769. The molecule has 0 aliphatic carbocycles. The van der Waals surface area contributed by atoms with Crippen molar-refractivity contribution in [3.8, 4) is 11.8 Å². The molecule has 0 aromatic carbocycles. The van der Waals surface area contributed by atoms with E-state index in [1.807, 2.05) is 0 Å². The van der Waals surface area contributed by atoms with Gasteiger partial charge < -0.3 is 10.2 Å². The molecule has 1 aliphatic rings. The lowest BCUT2D eigenvalue weighted by molar-refractivity contribution is -0.116. The summed E-state index contributed by atoms with van der Waals surface area (Å²) in [7, 11) is 2.14. The second-order valence-corrected chi connectivity index (χ2v) is 5.16. The van der Waals surface area contributed by atoms with Crippen molar-refractivity contribution in [3.05, 3.63) is 0 Å². The number of nitrogens with zero attached hydrogens (tertiary/aromatic N) is 2. The Hall–Kier alpha value is -1.05. The van der Waals surface area contributed by atoms with Gasteiger partial charge >= 0.3 is 0 Å². The Morgan fingerprint density at radius 3 is 2.41 bits per heavy atom. The Labute approximate surface area is 104 Å². The first-order valence-electron chi connectivity index (χ1n) is 6.10. The predicted molar refractivity (Wildman–Crippen MR) is 69.6 cm³/mol. The fourth-order valence-corrected chi connectivity index (χ4v) is 1.98. The van der Waals surface area contributed by atoms with Crippen LogP contribution in [-0.4, -0.2) is 61.0 Å². The maximum Gasteiger partial charge on any atom is 0.295 e. The van der Waals surface area contributed by atoms with Crippen LogP contribution in [0, 0.1) is 11.8 Å². The lowest BCUT2D eigenvalue weighted by Gasteiger charge is -2.43. The molecular weight excluding hydrogens is 214 g/mol. The number of carbonyl (C=O) groups is 1. The third-order valence-electron chi connectivity index (χ3n) is 3.28. The minimum absolute atomic E-state index is 0.00760. The lowest BCUT2D eigenvalue weighted by atomic mass is 10.0. The second-order valence-electron chi connectivity index (χ2n) is 5.16.